The van der Waals surface area contributed by atoms with Gasteiger partial charge in [-0.1, -0.05) is 24.6 Å². The monoisotopic (exact) mass is 257 g/mol. The molecule has 0 heterocycles. The van der Waals surface area contributed by atoms with Crippen molar-refractivity contribution in [1.82, 2.24) is 0 Å². The van der Waals surface area contributed by atoms with E-state index in [-0.39, 0.29) is 11.7 Å². The van der Waals surface area contributed by atoms with Gasteiger partial charge < -0.3 is 10.8 Å². The van der Waals surface area contributed by atoms with E-state index >= 15 is 0 Å². The van der Waals surface area contributed by atoms with Crippen molar-refractivity contribution in [2.75, 3.05) is 6.54 Å². The Morgan fingerprint density at radius 3 is 2.71 bits per heavy atom. The van der Waals surface area contributed by atoms with E-state index in [2.05, 4.69) is 6.92 Å². The zero-order chi connectivity index (χ0) is 12.6. The van der Waals surface area contributed by atoms with Crippen LogP contribution in [0.5, 0.6) is 0 Å². The molecule has 0 spiro atoms. The van der Waals surface area contributed by atoms with Crippen molar-refractivity contribution >= 4 is 11.6 Å². The Hall–Kier alpha value is -0.640. The molecule has 0 aromatic heterocycles. The summed E-state index contributed by atoms with van der Waals surface area (Å²) in [6.45, 7) is 2.42. The van der Waals surface area contributed by atoms with Crippen LogP contribution < -0.4 is 5.73 Å². The van der Waals surface area contributed by atoms with Gasteiger partial charge in [-0.05, 0) is 36.0 Å². The predicted octanol–water partition coefficient (Wildman–Crippen LogP) is 2.54. The van der Waals surface area contributed by atoms with E-state index in [0.717, 1.165) is 12.0 Å². The molecule has 2 rings (SSSR count). The maximum absolute atomic E-state index is 13.0. The summed E-state index contributed by atoms with van der Waals surface area (Å²) in [4.78, 5) is 0. The molecule has 1 aliphatic carbocycles. The lowest BCUT2D eigenvalue weighted by molar-refractivity contribution is 0.118. The van der Waals surface area contributed by atoms with Crippen molar-refractivity contribution in [3.8, 4) is 0 Å². The van der Waals surface area contributed by atoms with Crippen molar-refractivity contribution in [2.24, 2.45) is 17.6 Å². The molecule has 4 heteroatoms. The number of halogens is 2. The number of hydrogen-bond donors (Lipinski definition) is 2. The van der Waals surface area contributed by atoms with Crippen molar-refractivity contribution in [3.05, 3.63) is 34.6 Å². The average molecular weight is 258 g/mol. The van der Waals surface area contributed by atoms with Gasteiger partial charge >= 0.3 is 0 Å². The average Bonchev–Trinajstić information content (AvgIpc) is 2.99. The summed E-state index contributed by atoms with van der Waals surface area (Å²) in [7, 11) is 0. The molecule has 94 valence electrons. The lowest BCUT2D eigenvalue weighted by Gasteiger charge is -2.23. The van der Waals surface area contributed by atoms with E-state index in [4.69, 9.17) is 17.3 Å². The van der Waals surface area contributed by atoms with Crippen LogP contribution in [-0.4, -0.2) is 17.8 Å². The van der Waals surface area contributed by atoms with Gasteiger partial charge in [-0.15, -0.1) is 0 Å². The van der Waals surface area contributed by atoms with E-state index in [1.54, 1.807) is 6.07 Å². The number of benzene rings is 1. The molecule has 1 fully saturated rings. The van der Waals surface area contributed by atoms with E-state index < -0.39 is 6.10 Å². The van der Waals surface area contributed by atoms with Gasteiger partial charge in [-0.2, -0.15) is 0 Å². The maximum Gasteiger partial charge on any atom is 0.124 e. The second-order valence-electron chi connectivity index (χ2n) is 4.88. The standard InChI is InChI=1S/C13H17ClFNO/c1-7-4-10(7)13(17)11(6-16)9-3-2-8(15)5-12(9)14/h2-3,5,7,10-11,13,17H,4,6,16H2,1H3. The zero-order valence-electron chi connectivity index (χ0n) is 9.74. The summed E-state index contributed by atoms with van der Waals surface area (Å²) < 4.78 is 13.0. The van der Waals surface area contributed by atoms with Gasteiger partial charge in [-0.25, -0.2) is 4.39 Å². The predicted molar refractivity (Wildman–Crippen MR) is 66.5 cm³/mol. The highest BCUT2D eigenvalue weighted by Crippen LogP contribution is 2.45. The van der Waals surface area contributed by atoms with E-state index in [1.165, 1.54) is 12.1 Å². The van der Waals surface area contributed by atoms with Crippen LogP contribution in [0.3, 0.4) is 0 Å². The van der Waals surface area contributed by atoms with Crippen molar-refractivity contribution in [3.63, 3.8) is 0 Å². The molecule has 4 unspecified atom stereocenters. The van der Waals surface area contributed by atoms with Crippen LogP contribution in [0.15, 0.2) is 18.2 Å². The van der Waals surface area contributed by atoms with Crippen LogP contribution >= 0.6 is 11.6 Å². The zero-order valence-corrected chi connectivity index (χ0v) is 10.5. The molecule has 0 radical (unpaired) electrons. The van der Waals surface area contributed by atoms with Gasteiger partial charge in [-0.3, -0.25) is 0 Å². The Bertz CT molecular complexity index is 412. The summed E-state index contributed by atoms with van der Waals surface area (Å²) in [5, 5.41) is 10.6. The lowest BCUT2D eigenvalue weighted by Crippen LogP contribution is -2.28. The molecule has 0 amide bonds. The largest absolute Gasteiger partial charge is 0.392 e. The van der Waals surface area contributed by atoms with Crippen LogP contribution in [0.4, 0.5) is 4.39 Å². The second kappa shape index (κ2) is 4.92. The third-order valence-electron chi connectivity index (χ3n) is 3.64. The fourth-order valence-corrected chi connectivity index (χ4v) is 2.69. The topological polar surface area (TPSA) is 46.2 Å². The minimum atomic E-state index is -0.488. The smallest absolute Gasteiger partial charge is 0.124 e. The van der Waals surface area contributed by atoms with Gasteiger partial charge in [0.05, 0.1) is 6.10 Å². The molecule has 0 bridgehead atoms. The van der Waals surface area contributed by atoms with E-state index in [0.29, 0.717) is 23.4 Å². The minimum Gasteiger partial charge on any atom is -0.392 e. The van der Waals surface area contributed by atoms with Crippen LogP contribution in [0.1, 0.15) is 24.8 Å². The Morgan fingerprint density at radius 2 is 2.24 bits per heavy atom. The van der Waals surface area contributed by atoms with Gasteiger partial charge in [0.1, 0.15) is 5.82 Å². The van der Waals surface area contributed by atoms with Crippen molar-refractivity contribution in [1.29, 1.82) is 0 Å². The molecule has 4 atom stereocenters. The Balaban J connectivity index is 2.22. The summed E-state index contributed by atoms with van der Waals surface area (Å²) in [5.74, 6) is 0.254. The van der Waals surface area contributed by atoms with Gasteiger partial charge in [0.2, 0.25) is 0 Å². The summed E-state index contributed by atoms with van der Waals surface area (Å²) in [6, 6.07) is 4.24. The van der Waals surface area contributed by atoms with Crippen molar-refractivity contribution in [2.45, 2.75) is 25.4 Å². The quantitative estimate of drug-likeness (QED) is 0.871. The van der Waals surface area contributed by atoms with Gasteiger partial charge in [0.15, 0.2) is 0 Å². The summed E-state index contributed by atoms with van der Waals surface area (Å²) in [6.07, 6.45) is 0.536. The molecular weight excluding hydrogens is 241 g/mol. The van der Waals surface area contributed by atoms with Crippen LogP contribution in [0.25, 0.3) is 0 Å². The number of hydrogen-bond acceptors (Lipinski definition) is 2. The number of aliphatic hydroxyl groups is 1. The fraction of sp³-hybridized carbons (Fsp3) is 0.538. The number of nitrogens with two attached hydrogens (primary N) is 1. The highest BCUT2D eigenvalue weighted by Gasteiger charge is 2.42. The highest BCUT2D eigenvalue weighted by molar-refractivity contribution is 6.31. The van der Waals surface area contributed by atoms with Crippen LogP contribution in [0.2, 0.25) is 5.02 Å². The maximum atomic E-state index is 13.0. The third-order valence-corrected chi connectivity index (χ3v) is 3.97. The first-order valence-electron chi connectivity index (χ1n) is 5.87. The van der Waals surface area contributed by atoms with E-state index in [1.807, 2.05) is 0 Å². The number of rotatable bonds is 4. The second-order valence-corrected chi connectivity index (χ2v) is 5.28. The normalized spacial score (nSPS) is 26.6. The molecule has 0 aliphatic heterocycles. The van der Waals surface area contributed by atoms with Crippen molar-refractivity contribution < 1.29 is 9.50 Å². The lowest BCUT2D eigenvalue weighted by atomic mass is 9.90. The first-order valence-corrected chi connectivity index (χ1v) is 6.25. The number of aliphatic hydroxyl groups excluding tert-OH is 1. The Kier molecular flexibility index (Phi) is 3.71. The third kappa shape index (κ3) is 2.62. The molecule has 1 aliphatic rings. The molecule has 3 N–H and O–H groups in total. The molecule has 1 aromatic carbocycles. The molecule has 2 nitrogen and oxygen atoms in total. The SMILES string of the molecule is CC1CC1C(O)C(CN)c1ccc(F)cc1Cl. The Labute approximate surface area is 106 Å². The molecule has 1 aromatic rings. The van der Waals surface area contributed by atoms with Gasteiger partial charge in [0, 0.05) is 17.5 Å². The van der Waals surface area contributed by atoms with Crippen LogP contribution in [0, 0.1) is 17.7 Å². The molecule has 17 heavy (non-hydrogen) atoms. The summed E-state index contributed by atoms with van der Waals surface area (Å²) in [5.41, 5.74) is 6.45. The van der Waals surface area contributed by atoms with E-state index in [9.17, 15) is 9.50 Å². The summed E-state index contributed by atoms with van der Waals surface area (Å²) >= 11 is 6.00. The molecule has 1 saturated carbocycles. The molecule has 0 saturated heterocycles. The minimum absolute atomic E-state index is 0.210. The fourth-order valence-electron chi connectivity index (χ4n) is 2.38. The highest BCUT2D eigenvalue weighted by atomic mass is 35.5. The molecular formula is C13H17ClFNO. The first-order chi connectivity index (χ1) is 8.04. The van der Waals surface area contributed by atoms with Crippen LogP contribution in [-0.2, 0) is 0 Å². The Morgan fingerprint density at radius 1 is 1.59 bits per heavy atom. The first kappa shape index (κ1) is 12.8. The van der Waals surface area contributed by atoms with Gasteiger partial charge in [0.25, 0.3) is 0 Å².